The van der Waals surface area contributed by atoms with E-state index in [1.807, 2.05) is 37.3 Å². The van der Waals surface area contributed by atoms with Gasteiger partial charge in [0.25, 0.3) is 0 Å². The van der Waals surface area contributed by atoms with Crippen LogP contribution >= 0.6 is 0 Å². The molecule has 1 heterocycles. The molecule has 1 aliphatic carbocycles. The first-order valence-corrected chi connectivity index (χ1v) is 13.6. The Hall–Kier alpha value is -4.36. The lowest BCUT2D eigenvalue weighted by Gasteiger charge is -2.38. The van der Waals surface area contributed by atoms with E-state index in [1.165, 1.54) is 0 Å². The molecule has 2 unspecified atom stereocenters. The molecule has 2 aromatic carbocycles. The molecule has 2 aromatic rings. The number of fused-ring (bicyclic) bond motifs is 2. The predicted octanol–water partition coefficient (Wildman–Crippen LogP) is 1.47. The zero-order valence-electron chi connectivity index (χ0n) is 23.2. The van der Waals surface area contributed by atoms with Crippen LogP contribution in [0.25, 0.3) is 5.70 Å². The Kier molecular flexibility index (Phi) is 8.45. The predicted molar refractivity (Wildman–Crippen MR) is 156 cm³/mol. The Morgan fingerprint density at radius 2 is 1.77 bits per heavy atom. The minimum Gasteiger partial charge on any atom is -0.399 e. The van der Waals surface area contributed by atoms with Gasteiger partial charge in [0, 0.05) is 30.9 Å². The number of amides is 2. The number of nitriles is 1. The Morgan fingerprint density at radius 1 is 1.15 bits per heavy atom. The van der Waals surface area contributed by atoms with Gasteiger partial charge in [-0.05, 0) is 85.0 Å². The highest BCUT2D eigenvalue weighted by molar-refractivity contribution is 5.98. The van der Waals surface area contributed by atoms with Crippen molar-refractivity contribution in [3.05, 3.63) is 76.4 Å². The number of amidine groups is 1. The van der Waals surface area contributed by atoms with Crippen molar-refractivity contribution in [1.82, 2.24) is 15.6 Å². The number of nitrogens with one attached hydrogen (secondary N) is 2. The molecule has 1 aliphatic heterocycles. The van der Waals surface area contributed by atoms with Crippen LogP contribution in [-0.4, -0.2) is 54.8 Å². The van der Waals surface area contributed by atoms with Crippen molar-refractivity contribution in [2.75, 3.05) is 20.1 Å². The average Bonchev–Trinajstić information content (AvgIpc) is 3.37. The molecule has 1 fully saturated rings. The summed E-state index contributed by atoms with van der Waals surface area (Å²) >= 11 is 0. The van der Waals surface area contributed by atoms with Crippen molar-refractivity contribution in [3.8, 4) is 6.07 Å². The van der Waals surface area contributed by atoms with Gasteiger partial charge in [-0.2, -0.15) is 10.4 Å². The lowest BCUT2D eigenvalue weighted by molar-refractivity contribution is -0.130. The third-order valence-corrected chi connectivity index (χ3v) is 8.05. The van der Waals surface area contributed by atoms with Crippen molar-refractivity contribution in [2.24, 2.45) is 22.3 Å². The molecule has 2 amide bonds. The third-order valence-electron chi connectivity index (χ3n) is 8.05. The quantitative estimate of drug-likeness (QED) is 0.181. The van der Waals surface area contributed by atoms with E-state index in [0.717, 1.165) is 34.2 Å². The minimum atomic E-state index is -0.896. The van der Waals surface area contributed by atoms with Crippen LogP contribution in [0.15, 0.2) is 48.1 Å². The summed E-state index contributed by atoms with van der Waals surface area (Å²) < 4.78 is 0. The first kappa shape index (κ1) is 28.6. The van der Waals surface area contributed by atoms with Crippen molar-refractivity contribution in [1.29, 1.82) is 5.26 Å². The number of aryl methyl sites for hydroxylation is 2. The van der Waals surface area contributed by atoms with Crippen LogP contribution in [0.3, 0.4) is 0 Å². The van der Waals surface area contributed by atoms with Gasteiger partial charge in [-0.1, -0.05) is 24.8 Å². The molecule has 0 bridgehead atoms. The first-order valence-electron chi connectivity index (χ1n) is 13.6. The second-order valence-corrected chi connectivity index (χ2v) is 10.6. The molecule has 0 radical (unpaired) electrons. The molecule has 3 atom stereocenters. The Labute approximate surface area is 235 Å². The van der Waals surface area contributed by atoms with Gasteiger partial charge >= 0.3 is 0 Å². The summed E-state index contributed by atoms with van der Waals surface area (Å²) in [4.78, 5) is 26.7. The van der Waals surface area contributed by atoms with E-state index in [1.54, 1.807) is 18.0 Å². The molecule has 8 N–H and O–H groups in total. The van der Waals surface area contributed by atoms with Crippen molar-refractivity contribution >= 4 is 23.3 Å². The number of carbonyl (C=O) groups is 2. The second-order valence-electron chi connectivity index (χ2n) is 10.6. The van der Waals surface area contributed by atoms with E-state index >= 15 is 0 Å². The molecule has 0 aromatic heterocycles. The summed E-state index contributed by atoms with van der Waals surface area (Å²) in [5, 5.41) is 17.3. The summed E-state index contributed by atoms with van der Waals surface area (Å²) in [6, 6.07) is 13.1. The number of nitrogens with two attached hydrogens (primary N) is 3. The van der Waals surface area contributed by atoms with Gasteiger partial charge in [0.15, 0.2) is 0 Å². The normalized spacial score (nSPS) is 21.0. The number of hydrogen-bond acceptors (Lipinski definition) is 7. The van der Waals surface area contributed by atoms with Gasteiger partial charge in [-0.25, -0.2) is 0 Å². The number of carbonyl (C=O) groups excluding carboxylic acids is 2. The average molecular weight is 543 g/mol. The molecule has 0 spiro atoms. The number of likely N-dealkylation sites (tertiary alicyclic amines) is 1. The second kappa shape index (κ2) is 11.8. The summed E-state index contributed by atoms with van der Waals surface area (Å²) in [7, 11) is 1.69. The maximum Gasteiger partial charge on any atom is 0.248 e. The van der Waals surface area contributed by atoms with Gasteiger partial charge in [-0.3, -0.25) is 9.59 Å². The summed E-state index contributed by atoms with van der Waals surface area (Å²) in [6.45, 7) is 6.61. The number of benzene rings is 2. The maximum absolute atomic E-state index is 13.0. The molecular weight excluding hydrogens is 504 g/mol. The van der Waals surface area contributed by atoms with E-state index in [0.29, 0.717) is 49.3 Å². The van der Waals surface area contributed by atoms with Crippen LogP contribution < -0.4 is 27.9 Å². The van der Waals surface area contributed by atoms with Gasteiger partial charge < -0.3 is 32.8 Å². The Bertz CT molecular complexity index is 1330. The molecule has 10 nitrogen and oxygen atoms in total. The van der Waals surface area contributed by atoms with Crippen LogP contribution in [0.2, 0.25) is 0 Å². The smallest absolute Gasteiger partial charge is 0.248 e. The minimum absolute atomic E-state index is 0.0966. The molecule has 10 heteroatoms. The van der Waals surface area contributed by atoms with E-state index in [-0.39, 0.29) is 24.5 Å². The molecule has 40 heavy (non-hydrogen) atoms. The van der Waals surface area contributed by atoms with Crippen LogP contribution in [0, 0.1) is 11.3 Å². The van der Waals surface area contributed by atoms with Crippen LogP contribution in [0.5, 0.6) is 0 Å². The highest BCUT2D eigenvalue weighted by Gasteiger charge is 2.44. The number of primary amides is 1. The molecular formula is C30H38N8O2. The summed E-state index contributed by atoms with van der Waals surface area (Å²) in [6.07, 6.45) is 3.35. The standard InChI is InChI=1S/C30H38N8O2/c1-18(36-17-27(39)38-12-4-5-24(38)16-31)15-30(29(34)37-35-3)25-10-8-20(19(2)32)13-21(25)6-7-22-14-23(28(33)40)9-11-26(22)30/h8-11,13-14,18,24,35-36H,2,4-7,12,15,17,32H2,1,3H3,(H2,33,40)(H2,34,37)/t18-,24?,30?/m1/s1. The molecule has 210 valence electrons. The van der Waals surface area contributed by atoms with E-state index in [2.05, 4.69) is 28.5 Å². The SMILES string of the molecule is C=C(N)c1ccc2c(c1)CCc1cc(C(N)=O)ccc1C2(C[C@@H](C)NCC(=O)N1CCCC1C#N)/C(N)=N/NC. The lowest BCUT2D eigenvalue weighted by atomic mass is 9.67. The van der Waals surface area contributed by atoms with E-state index in [9.17, 15) is 14.9 Å². The highest BCUT2D eigenvalue weighted by Crippen LogP contribution is 2.44. The van der Waals surface area contributed by atoms with E-state index < -0.39 is 11.3 Å². The lowest BCUT2D eigenvalue weighted by Crippen LogP contribution is -2.50. The number of rotatable bonds is 9. The topological polar surface area (TPSA) is 176 Å². The largest absolute Gasteiger partial charge is 0.399 e. The fourth-order valence-electron chi connectivity index (χ4n) is 6.11. The van der Waals surface area contributed by atoms with Crippen LogP contribution in [0.1, 0.15) is 64.4 Å². The Balaban J connectivity index is 1.80. The fraction of sp³-hybridized carbons (Fsp3) is 0.400. The maximum atomic E-state index is 13.0. The number of hydrogen-bond donors (Lipinski definition) is 5. The van der Waals surface area contributed by atoms with Gasteiger partial charge in [0.1, 0.15) is 11.9 Å². The zero-order chi connectivity index (χ0) is 29.0. The van der Waals surface area contributed by atoms with Gasteiger partial charge in [0.2, 0.25) is 11.8 Å². The molecule has 1 saturated heterocycles. The van der Waals surface area contributed by atoms with Crippen molar-refractivity contribution < 1.29 is 9.59 Å². The van der Waals surface area contributed by atoms with Gasteiger partial charge in [-0.15, -0.1) is 0 Å². The highest BCUT2D eigenvalue weighted by atomic mass is 16.2. The zero-order valence-corrected chi connectivity index (χ0v) is 23.2. The number of nitrogens with zero attached hydrogens (tertiary/aromatic N) is 3. The van der Waals surface area contributed by atoms with Crippen LogP contribution in [0.4, 0.5) is 0 Å². The fourth-order valence-corrected chi connectivity index (χ4v) is 6.11. The van der Waals surface area contributed by atoms with Gasteiger partial charge in [0.05, 0.1) is 18.0 Å². The van der Waals surface area contributed by atoms with E-state index in [4.69, 9.17) is 17.2 Å². The van der Waals surface area contributed by atoms with Crippen molar-refractivity contribution in [3.63, 3.8) is 0 Å². The van der Waals surface area contributed by atoms with Crippen LogP contribution in [-0.2, 0) is 23.1 Å². The van der Waals surface area contributed by atoms with Crippen molar-refractivity contribution in [2.45, 2.75) is 56.5 Å². The molecule has 4 rings (SSSR count). The first-order chi connectivity index (χ1) is 19.1. The number of hydrazone groups is 1. The molecule has 0 saturated carbocycles. The Morgan fingerprint density at radius 3 is 2.35 bits per heavy atom. The summed E-state index contributed by atoms with van der Waals surface area (Å²) in [5.41, 5.74) is 26.1. The molecule has 2 aliphatic rings. The monoisotopic (exact) mass is 542 g/mol. The summed E-state index contributed by atoms with van der Waals surface area (Å²) in [5.74, 6) is -0.241. The third kappa shape index (κ3) is 5.38.